The number of nitrogens with one attached hydrogen (secondary N) is 1. The third kappa shape index (κ3) is 5.59. The van der Waals surface area contributed by atoms with Crippen LogP contribution < -0.4 is 5.32 Å². The maximum absolute atomic E-state index is 13.1. The molecule has 0 saturated carbocycles. The summed E-state index contributed by atoms with van der Waals surface area (Å²) in [6, 6.07) is 11.6. The summed E-state index contributed by atoms with van der Waals surface area (Å²) in [6.45, 7) is 3.59. The van der Waals surface area contributed by atoms with Crippen molar-refractivity contribution in [2.75, 3.05) is 18.5 Å². The molecule has 1 saturated heterocycles. The molecule has 2 aromatic heterocycles. The molecule has 3 aromatic rings. The highest BCUT2D eigenvalue weighted by Gasteiger charge is 2.24. The molecule has 1 aliphatic heterocycles. The molecule has 0 spiro atoms. The van der Waals surface area contributed by atoms with Crippen molar-refractivity contribution in [1.82, 2.24) is 9.88 Å². The second kappa shape index (κ2) is 9.89. The van der Waals surface area contributed by atoms with Crippen LogP contribution in [-0.2, 0) is 22.5 Å². The smallest absolute Gasteiger partial charge is 0.260 e. The summed E-state index contributed by atoms with van der Waals surface area (Å²) in [5.74, 6) is 0.269. The van der Waals surface area contributed by atoms with E-state index < -0.39 is 0 Å². The number of carbonyl (C=O) groups excluding carboxylic acids is 2. The molecular weight excluding hydrogens is 414 g/mol. The Kier molecular flexibility index (Phi) is 6.79. The molecule has 162 valence electrons. The molecule has 7 nitrogen and oxygen atoms in total. The Bertz CT molecular complexity index is 1020. The summed E-state index contributed by atoms with van der Waals surface area (Å²) in [4.78, 5) is 31.7. The second-order valence-corrected chi connectivity index (χ2v) is 8.42. The van der Waals surface area contributed by atoms with Crippen LogP contribution in [-0.4, -0.2) is 41.0 Å². The molecule has 1 fully saturated rings. The number of ether oxygens (including phenoxy) is 1. The van der Waals surface area contributed by atoms with Crippen molar-refractivity contribution in [1.29, 1.82) is 0 Å². The molecule has 0 radical (unpaired) electrons. The molecule has 0 bridgehead atoms. The van der Waals surface area contributed by atoms with E-state index in [0.29, 0.717) is 35.2 Å². The molecule has 2 amide bonds. The van der Waals surface area contributed by atoms with Crippen LogP contribution in [0.4, 0.5) is 5.13 Å². The van der Waals surface area contributed by atoms with Gasteiger partial charge in [-0.1, -0.05) is 30.3 Å². The van der Waals surface area contributed by atoms with Gasteiger partial charge in [0.2, 0.25) is 5.91 Å². The van der Waals surface area contributed by atoms with E-state index in [1.165, 1.54) is 17.6 Å². The lowest BCUT2D eigenvalue weighted by Crippen LogP contribution is -2.37. The fraction of sp³-hybridized carbons (Fsp3) is 0.348. The number of amides is 2. The van der Waals surface area contributed by atoms with E-state index in [9.17, 15) is 9.59 Å². The van der Waals surface area contributed by atoms with Gasteiger partial charge < -0.3 is 14.1 Å². The minimum Gasteiger partial charge on any atom is -0.469 e. The number of aromatic nitrogens is 1. The molecule has 1 N–H and O–H groups in total. The standard InChI is InChI=1S/C23H25N3O4S/c1-16-20(9-11-29-16)22(28)25-23-24-18(15-31-23)12-21(27)26(14-19-8-5-10-30-19)13-17-6-3-2-4-7-17/h2-4,6-7,9,11,15,19H,5,8,10,12-14H2,1H3,(H,24,25,28). The zero-order valence-electron chi connectivity index (χ0n) is 17.4. The number of hydrogen-bond donors (Lipinski definition) is 1. The van der Waals surface area contributed by atoms with E-state index in [1.54, 1.807) is 13.0 Å². The monoisotopic (exact) mass is 439 g/mol. The predicted molar refractivity (Wildman–Crippen MR) is 118 cm³/mol. The van der Waals surface area contributed by atoms with Crippen LogP contribution in [0, 0.1) is 6.92 Å². The first kappa shape index (κ1) is 21.3. The third-order valence-corrected chi connectivity index (χ3v) is 6.03. The number of benzene rings is 1. The maximum atomic E-state index is 13.1. The molecule has 1 atom stereocenters. The Morgan fingerprint density at radius 2 is 2.10 bits per heavy atom. The molecule has 4 rings (SSSR count). The first-order valence-corrected chi connectivity index (χ1v) is 11.2. The third-order valence-electron chi connectivity index (χ3n) is 5.22. The number of rotatable bonds is 8. The lowest BCUT2D eigenvalue weighted by Gasteiger charge is -2.25. The highest BCUT2D eigenvalue weighted by atomic mass is 32.1. The lowest BCUT2D eigenvalue weighted by molar-refractivity contribution is -0.132. The number of thiazole rings is 1. The number of nitrogens with zero attached hydrogens (tertiary/aromatic N) is 2. The Morgan fingerprint density at radius 3 is 2.81 bits per heavy atom. The number of anilines is 1. The fourth-order valence-corrected chi connectivity index (χ4v) is 4.30. The summed E-state index contributed by atoms with van der Waals surface area (Å²) < 4.78 is 10.9. The fourth-order valence-electron chi connectivity index (χ4n) is 3.59. The van der Waals surface area contributed by atoms with Gasteiger partial charge in [-0.05, 0) is 31.4 Å². The van der Waals surface area contributed by atoms with Crippen LogP contribution in [0.25, 0.3) is 0 Å². The van der Waals surface area contributed by atoms with E-state index in [0.717, 1.165) is 25.0 Å². The van der Waals surface area contributed by atoms with Crippen molar-refractivity contribution in [3.05, 3.63) is 70.6 Å². The molecule has 0 aliphatic carbocycles. The highest BCUT2D eigenvalue weighted by molar-refractivity contribution is 7.14. The zero-order valence-corrected chi connectivity index (χ0v) is 18.2. The van der Waals surface area contributed by atoms with Crippen molar-refractivity contribution in [3.63, 3.8) is 0 Å². The number of aryl methyl sites for hydroxylation is 1. The van der Waals surface area contributed by atoms with Crippen LogP contribution in [0.3, 0.4) is 0 Å². The first-order chi connectivity index (χ1) is 15.1. The molecule has 31 heavy (non-hydrogen) atoms. The SMILES string of the molecule is Cc1occc1C(=O)Nc1nc(CC(=O)N(Cc2ccccc2)CC2CCCO2)cs1. The van der Waals surface area contributed by atoms with Gasteiger partial charge in [0.15, 0.2) is 5.13 Å². The largest absolute Gasteiger partial charge is 0.469 e. The van der Waals surface area contributed by atoms with Crippen molar-refractivity contribution < 1.29 is 18.7 Å². The molecule has 1 aromatic carbocycles. The van der Waals surface area contributed by atoms with Crippen LogP contribution >= 0.6 is 11.3 Å². The number of hydrogen-bond acceptors (Lipinski definition) is 6. The Hall–Kier alpha value is -2.97. The topological polar surface area (TPSA) is 84.7 Å². The zero-order chi connectivity index (χ0) is 21.6. The summed E-state index contributed by atoms with van der Waals surface area (Å²) in [6.07, 6.45) is 3.74. The summed E-state index contributed by atoms with van der Waals surface area (Å²) in [5, 5.41) is 5.04. The first-order valence-electron chi connectivity index (χ1n) is 10.3. The van der Waals surface area contributed by atoms with Gasteiger partial charge in [-0.25, -0.2) is 4.98 Å². The summed E-state index contributed by atoms with van der Waals surface area (Å²) >= 11 is 1.30. The van der Waals surface area contributed by atoms with Gasteiger partial charge in [0, 0.05) is 25.1 Å². The van der Waals surface area contributed by atoms with Gasteiger partial charge in [0.05, 0.1) is 30.0 Å². The number of furan rings is 1. The second-order valence-electron chi connectivity index (χ2n) is 7.56. The minimum atomic E-state index is -0.275. The minimum absolute atomic E-state index is 0.00629. The van der Waals surface area contributed by atoms with Gasteiger partial charge >= 0.3 is 0 Å². The van der Waals surface area contributed by atoms with Gasteiger partial charge in [-0.15, -0.1) is 11.3 Å². The molecule has 1 unspecified atom stereocenters. The lowest BCUT2D eigenvalue weighted by atomic mass is 10.1. The predicted octanol–water partition coefficient (Wildman–Crippen LogP) is 4.05. The molecule has 8 heteroatoms. The molecular formula is C23H25N3O4S. The van der Waals surface area contributed by atoms with E-state index >= 15 is 0 Å². The number of carbonyl (C=O) groups is 2. The summed E-state index contributed by atoms with van der Waals surface area (Å²) in [7, 11) is 0. The quantitative estimate of drug-likeness (QED) is 0.572. The van der Waals surface area contributed by atoms with Crippen molar-refractivity contribution in [3.8, 4) is 0 Å². The van der Waals surface area contributed by atoms with Crippen molar-refractivity contribution in [2.24, 2.45) is 0 Å². The van der Waals surface area contributed by atoms with E-state index in [4.69, 9.17) is 9.15 Å². The van der Waals surface area contributed by atoms with Crippen LogP contribution in [0.2, 0.25) is 0 Å². The van der Waals surface area contributed by atoms with Gasteiger partial charge in [0.25, 0.3) is 5.91 Å². The van der Waals surface area contributed by atoms with Crippen LogP contribution in [0.5, 0.6) is 0 Å². The Balaban J connectivity index is 1.40. The maximum Gasteiger partial charge on any atom is 0.260 e. The normalized spacial score (nSPS) is 15.7. The Morgan fingerprint density at radius 1 is 1.26 bits per heavy atom. The summed E-state index contributed by atoms with van der Waals surface area (Å²) in [5.41, 5.74) is 2.19. The van der Waals surface area contributed by atoms with Crippen LogP contribution in [0.1, 0.15) is 40.2 Å². The van der Waals surface area contributed by atoms with Gasteiger partial charge in [-0.2, -0.15) is 0 Å². The van der Waals surface area contributed by atoms with E-state index in [2.05, 4.69) is 10.3 Å². The van der Waals surface area contributed by atoms with E-state index in [-0.39, 0.29) is 24.3 Å². The van der Waals surface area contributed by atoms with Crippen LogP contribution in [0.15, 0.2) is 52.5 Å². The van der Waals surface area contributed by atoms with Gasteiger partial charge in [-0.3, -0.25) is 14.9 Å². The van der Waals surface area contributed by atoms with Crippen molar-refractivity contribution in [2.45, 2.75) is 38.8 Å². The highest BCUT2D eigenvalue weighted by Crippen LogP contribution is 2.20. The van der Waals surface area contributed by atoms with Gasteiger partial charge in [0.1, 0.15) is 5.76 Å². The molecule has 1 aliphatic rings. The van der Waals surface area contributed by atoms with E-state index in [1.807, 2.05) is 40.6 Å². The average molecular weight is 440 g/mol. The molecule has 3 heterocycles. The Labute approximate surface area is 185 Å². The average Bonchev–Trinajstić information content (AvgIpc) is 3.51. The van der Waals surface area contributed by atoms with Crippen molar-refractivity contribution >= 4 is 28.3 Å².